The molecule has 6 nitrogen and oxygen atoms in total. The van der Waals surface area contributed by atoms with Crippen LogP contribution in [0.2, 0.25) is 5.02 Å². The van der Waals surface area contributed by atoms with Crippen molar-refractivity contribution >= 4 is 23.4 Å². The molecule has 34 heavy (non-hydrogen) atoms. The van der Waals surface area contributed by atoms with Crippen molar-refractivity contribution in [3.63, 3.8) is 0 Å². The Hall–Kier alpha value is -1.89. The molecule has 3 aliphatic rings. The third-order valence-corrected chi connectivity index (χ3v) is 7.51. The van der Waals surface area contributed by atoms with Gasteiger partial charge in [0.25, 0.3) is 11.8 Å². The molecule has 2 unspecified atom stereocenters. The summed E-state index contributed by atoms with van der Waals surface area (Å²) in [5.41, 5.74) is 2.35. The second kappa shape index (κ2) is 11.2. The Balaban J connectivity index is 1.51. The van der Waals surface area contributed by atoms with Gasteiger partial charge in [-0.1, -0.05) is 44.4 Å². The van der Waals surface area contributed by atoms with Crippen LogP contribution in [0.4, 0.5) is 0 Å². The minimum absolute atomic E-state index is 0.143. The van der Waals surface area contributed by atoms with Crippen LogP contribution >= 0.6 is 11.6 Å². The molecule has 1 fully saturated rings. The lowest BCUT2D eigenvalue weighted by Crippen LogP contribution is -2.47. The van der Waals surface area contributed by atoms with Crippen molar-refractivity contribution in [2.45, 2.75) is 95.9 Å². The first-order chi connectivity index (χ1) is 16.5. The molecule has 2 atom stereocenters. The molecule has 186 valence electrons. The fraction of sp³-hybridized carbons (Fsp3) is 0.630. The lowest BCUT2D eigenvalue weighted by Gasteiger charge is -2.36. The summed E-state index contributed by atoms with van der Waals surface area (Å²) in [6.45, 7) is 5.60. The highest BCUT2D eigenvalue weighted by Crippen LogP contribution is 2.43. The van der Waals surface area contributed by atoms with Crippen LogP contribution in [0.15, 0.2) is 29.3 Å². The Morgan fingerprint density at radius 3 is 2.44 bits per heavy atom. The van der Waals surface area contributed by atoms with Gasteiger partial charge in [0.05, 0.1) is 18.2 Å². The minimum atomic E-state index is -0.740. The van der Waals surface area contributed by atoms with Gasteiger partial charge in [-0.25, -0.2) is 0 Å². The standard InChI is InChI=1S/C27H36ClNO5/c1-3-5-14-32-27(33-15-6-4-2)13-7-8-24(27)34-23-17-19(10-12-22(23)28)18-9-11-20-21(16-18)26(31)29-25(20)30/h10,12,17-18,24H,3-9,11,13-16H2,1-2H3,(H,29,30,31). The maximum absolute atomic E-state index is 12.2. The van der Waals surface area contributed by atoms with Crippen LogP contribution in [0, 0.1) is 0 Å². The number of halogens is 1. The highest BCUT2D eigenvalue weighted by molar-refractivity contribution is 6.32. The van der Waals surface area contributed by atoms with Crippen LogP contribution < -0.4 is 10.1 Å². The number of rotatable bonds is 11. The summed E-state index contributed by atoms with van der Waals surface area (Å²) >= 11 is 6.57. The Bertz CT molecular complexity index is 933. The Morgan fingerprint density at radius 2 is 1.74 bits per heavy atom. The lowest BCUT2D eigenvalue weighted by atomic mass is 9.81. The highest BCUT2D eigenvalue weighted by atomic mass is 35.5. The maximum Gasteiger partial charge on any atom is 0.254 e. The van der Waals surface area contributed by atoms with Crippen molar-refractivity contribution in [2.24, 2.45) is 0 Å². The fourth-order valence-electron chi connectivity index (χ4n) is 5.19. The van der Waals surface area contributed by atoms with Gasteiger partial charge in [0.1, 0.15) is 5.75 Å². The van der Waals surface area contributed by atoms with Crippen molar-refractivity contribution in [3.8, 4) is 5.75 Å². The third kappa shape index (κ3) is 5.34. The number of unbranched alkanes of at least 4 members (excludes halogenated alkanes) is 2. The van der Waals surface area contributed by atoms with E-state index >= 15 is 0 Å². The van der Waals surface area contributed by atoms with Gasteiger partial charge in [0, 0.05) is 17.6 Å². The molecule has 0 aromatic heterocycles. The number of hydrogen-bond acceptors (Lipinski definition) is 5. The van der Waals surface area contributed by atoms with E-state index in [1.54, 1.807) is 0 Å². The van der Waals surface area contributed by atoms with E-state index in [1.165, 1.54) is 0 Å². The average molecular weight is 490 g/mol. The van der Waals surface area contributed by atoms with Gasteiger partial charge < -0.3 is 14.2 Å². The predicted octanol–water partition coefficient (Wildman–Crippen LogP) is 5.82. The molecule has 0 bridgehead atoms. The first-order valence-electron chi connectivity index (χ1n) is 12.8. The van der Waals surface area contributed by atoms with E-state index in [1.807, 2.05) is 18.2 Å². The number of benzene rings is 1. The van der Waals surface area contributed by atoms with Crippen LogP contribution in [0.25, 0.3) is 0 Å². The van der Waals surface area contributed by atoms with Crippen molar-refractivity contribution in [3.05, 3.63) is 39.9 Å². The molecule has 2 aliphatic carbocycles. The van der Waals surface area contributed by atoms with Crippen LogP contribution in [0.3, 0.4) is 0 Å². The van der Waals surface area contributed by atoms with Crippen molar-refractivity contribution < 1.29 is 23.8 Å². The lowest BCUT2D eigenvalue weighted by molar-refractivity contribution is -0.267. The first kappa shape index (κ1) is 25.2. The average Bonchev–Trinajstić information content (AvgIpc) is 3.35. The fourth-order valence-corrected chi connectivity index (χ4v) is 5.35. The van der Waals surface area contributed by atoms with Gasteiger partial charge in [0.15, 0.2) is 6.10 Å². The topological polar surface area (TPSA) is 73.9 Å². The van der Waals surface area contributed by atoms with Crippen molar-refractivity contribution in [2.75, 3.05) is 13.2 Å². The molecule has 1 aliphatic heterocycles. The van der Waals surface area contributed by atoms with E-state index in [9.17, 15) is 9.59 Å². The number of ether oxygens (including phenoxy) is 3. The molecular weight excluding hydrogens is 454 g/mol. The number of nitrogens with one attached hydrogen (secondary N) is 1. The Labute approximate surface area is 207 Å². The van der Waals surface area contributed by atoms with E-state index in [2.05, 4.69) is 19.2 Å². The molecule has 4 rings (SSSR count). The SMILES string of the molecule is CCCCOC1(OCCCC)CCCC1Oc1cc(C2CCC3=C(C2)C(=O)NC3=O)ccc1Cl. The molecule has 1 N–H and O–H groups in total. The summed E-state index contributed by atoms with van der Waals surface area (Å²) in [7, 11) is 0. The number of carbonyl (C=O) groups is 2. The van der Waals surface area contributed by atoms with Crippen molar-refractivity contribution in [1.29, 1.82) is 0 Å². The summed E-state index contributed by atoms with van der Waals surface area (Å²) in [4.78, 5) is 24.1. The van der Waals surface area contributed by atoms with Gasteiger partial charge in [-0.3, -0.25) is 14.9 Å². The van der Waals surface area contributed by atoms with Crippen LogP contribution in [0.1, 0.15) is 89.5 Å². The molecule has 0 radical (unpaired) electrons. The zero-order valence-electron chi connectivity index (χ0n) is 20.3. The minimum Gasteiger partial charge on any atom is -0.483 e. The third-order valence-electron chi connectivity index (χ3n) is 7.20. The summed E-state index contributed by atoms with van der Waals surface area (Å²) in [5, 5.41) is 2.98. The molecule has 0 saturated heterocycles. The summed E-state index contributed by atoms with van der Waals surface area (Å²) in [5.74, 6) is -0.455. The van der Waals surface area contributed by atoms with Crippen LogP contribution in [-0.4, -0.2) is 36.9 Å². The van der Waals surface area contributed by atoms with Crippen molar-refractivity contribution in [1.82, 2.24) is 5.32 Å². The van der Waals surface area contributed by atoms with E-state index in [-0.39, 0.29) is 23.8 Å². The number of hydrogen-bond donors (Lipinski definition) is 1. The smallest absolute Gasteiger partial charge is 0.254 e. The van der Waals surface area contributed by atoms with E-state index in [0.717, 1.165) is 56.9 Å². The van der Waals surface area contributed by atoms with Gasteiger partial charge in [-0.05, 0) is 68.6 Å². The van der Waals surface area contributed by atoms with E-state index in [4.69, 9.17) is 25.8 Å². The quantitative estimate of drug-likeness (QED) is 0.241. The Morgan fingerprint density at radius 1 is 1.03 bits per heavy atom. The molecule has 1 aromatic carbocycles. The van der Waals surface area contributed by atoms with Crippen LogP contribution in [0.5, 0.6) is 5.75 Å². The largest absolute Gasteiger partial charge is 0.483 e. The van der Waals surface area contributed by atoms with Gasteiger partial charge in [-0.2, -0.15) is 0 Å². The molecule has 1 heterocycles. The number of carbonyl (C=O) groups excluding carboxylic acids is 2. The molecule has 7 heteroatoms. The first-order valence-corrected chi connectivity index (χ1v) is 13.2. The summed E-state index contributed by atoms with van der Waals surface area (Å²) in [6.07, 6.45) is 8.48. The van der Waals surface area contributed by atoms with Crippen LogP contribution in [-0.2, 0) is 19.1 Å². The summed E-state index contributed by atoms with van der Waals surface area (Å²) in [6, 6.07) is 5.86. The maximum atomic E-state index is 12.2. The second-order valence-corrected chi connectivity index (χ2v) is 9.99. The number of imide groups is 1. The van der Waals surface area contributed by atoms with Gasteiger partial charge >= 0.3 is 0 Å². The van der Waals surface area contributed by atoms with Gasteiger partial charge in [-0.15, -0.1) is 0 Å². The zero-order chi connectivity index (χ0) is 24.1. The van der Waals surface area contributed by atoms with E-state index in [0.29, 0.717) is 48.0 Å². The number of amides is 2. The highest BCUT2D eigenvalue weighted by Gasteiger charge is 2.47. The molecule has 0 spiro atoms. The summed E-state index contributed by atoms with van der Waals surface area (Å²) < 4.78 is 19.2. The second-order valence-electron chi connectivity index (χ2n) is 9.58. The molecule has 1 saturated carbocycles. The molecule has 2 amide bonds. The van der Waals surface area contributed by atoms with Gasteiger partial charge in [0.2, 0.25) is 5.79 Å². The zero-order valence-corrected chi connectivity index (χ0v) is 21.0. The monoisotopic (exact) mass is 489 g/mol. The predicted molar refractivity (Wildman–Crippen MR) is 131 cm³/mol. The molecular formula is C27H36ClNO5. The van der Waals surface area contributed by atoms with E-state index < -0.39 is 5.79 Å². The normalized spacial score (nSPS) is 23.9. The Kier molecular flexibility index (Phi) is 8.33. The molecule has 1 aromatic rings.